The van der Waals surface area contributed by atoms with E-state index in [1.165, 1.54) is 0 Å². The lowest BCUT2D eigenvalue weighted by Crippen LogP contribution is -1.94. The van der Waals surface area contributed by atoms with Crippen LogP contribution in [0, 0.1) is 5.82 Å². The SMILES string of the molecule is O=S(=O)(Cl)c1ccc(Cl)c(F)c1Cl. The number of benzene rings is 1. The highest BCUT2D eigenvalue weighted by Crippen LogP contribution is 2.30. The van der Waals surface area contributed by atoms with E-state index < -0.39 is 24.8 Å². The minimum absolute atomic E-state index is 0.255. The molecule has 0 atom stereocenters. The molecule has 0 N–H and O–H groups in total. The molecule has 1 aromatic carbocycles. The topological polar surface area (TPSA) is 34.1 Å². The standard InChI is InChI=1S/C6H2Cl3FO2S/c7-3-1-2-4(13(9,11)12)5(8)6(3)10/h1-2H. The average Bonchev–Trinajstić information content (AvgIpc) is 1.98. The van der Waals surface area contributed by atoms with Crippen molar-refractivity contribution in [2.75, 3.05) is 0 Å². The molecule has 0 bridgehead atoms. The predicted molar refractivity (Wildman–Crippen MR) is 49.5 cm³/mol. The lowest BCUT2D eigenvalue weighted by molar-refractivity contribution is 0.602. The second-order valence-electron chi connectivity index (χ2n) is 2.11. The first-order valence-corrected chi connectivity index (χ1v) is 5.98. The maximum Gasteiger partial charge on any atom is 0.262 e. The number of halogens is 4. The lowest BCUT2D eigenvalue weighted by Gasteiger charge is -2.01. The smallest absolute Gasteiger partial charge is 0.207 e. The van der Waals surface area contributed by atoms with E-state index in [9.17, 15) is 12.8 Å². The fourth-order valence-electron chi connectivity index (χ4n) is 0.696. The quantitative estimate of drug-likeness (QED) is 0.576. The van der Waals surface area contributed by atoms with Crippen molar-refractivity contribution < 1.29 is 12.8 Å². The van der Waals surface area contributed by atoms with Gasteiger partial charge in [0.1, 0.15) is 4.90 Å². The summed E-state index contributed by atoms with van der Waals surface area (Å²) < 4.78 is 34.5. The molecule has 0 fully saturated rings. The highest BCUT2D eigenvalue weighted by atomic mass is 35.7. The van der Waals surface area contributed by atoms with Crippen LogP contribution in [0.3, 0.4) is 0 Å². The maximum atomic E-state index is 12.9. The minimum Gasteiger partial charge on any atom is -0.207 e. The molecule has 0 radical (unpaired) electrons. The summed E-state index contributed by atoms with van der Waals surface area (Å²) in [5.41, 5.74) is 0. The van der Waals surface area contributed by atoms with Gasteiger partial charge in [0.15, 0.2) is 5.82 Å². The summed E-state index contributed by atoms with van der Waals surface area (Å²) in [5, 5.41) is -0.850. The molecular weight excluding hydrogens is 261 g/mol. The molecule has 13 heavy (non-hydrogen) atoms. The van der Waals surface area contributed by atoms with E-state index in [0.717, 1.165) is 12.1 Å². The van der Waals surface area contributed by atoms with Crippen LogP contribution in [0.15, 0.2) is 17.0 Å². The van der Waals surface area contributed by atoms with Crippen molar-refractivity contribution in [1.82, 2.24) is 0 Å². The molecule has 0 aliphatic heterocycles. The van der Waals surface area contributed by atoms with Gasteiger partial charge >= 0.3 is 0 Å². The van der Waals surface area contributed by atoms with Crippen LogP contribution in [0.2, 0.25) is 10.0 Å². The van der Waals surface area contributed by atoms with Crippen LogP contribution in [0.1, 0.15) is 0 Å². The first-order chi connectivity index (χ1) is 5.84. The summed E-state index contributed by atoms with van der Waals surface area (Å²) >= 11 is 10.7. The lowest BCUT2D eigenvalue weighted by atomic mass is 10.3. The Kier molecular flexibility index (Phi) is 3.07. The van der Waals surface area contributed by atoms with E-state index in [1.807, 2.05) is 0 Å². The molecule has 0 spiro atoms. The van der Waals surface area contributed by atoms with Crippen LogP contribution in [0.5, 0.6) is 0 Å². The van der Waals surface area contributed by atoms with Gasteiger partial charge in [0, 0.05) is 10.7 Å². The summed E-state index contributed by atoms with van der Waals surface area (Å²) in [6.45, 7) is 0. The van der Waals surface area contributed by atoms with Crippen LogP contribution in [0.4, 0.5) is 4.39 Å². The Morgan fingerprint density at radius 2 is 1.77 bits per heavy atom. The molecule has 0 aliphatic carbocycles. The Morgan fingerprint density at radius 3 is 2.23 bits per heavy atom. The zero-order valence-electron chi connectivity index (χ0n) is 5.89. The minimum atomic E-state index is -4.03. The molecule has 72 valence electrons. The number of rotatable bonds is 1. The summed E-state index contributed by atoms with van der Waals surface area (Å²) in [4.78, 5) is -0.488. The van der Waals surface area contributed by atoms with Crippen molar-refractivity contribution in [3.63, 3.8) is 0 Å². The largest absolute Gasteiger partial charge is 0.262 e. The second-order valence-corrected chi connectivity index (χ2v) is 5.43. The molecule has 0 heterocycles. The Balaban J connectivity index is 3.53. The highest BCUT2D eigenvalue weighted by molar-refractivity contribution is 8.13. The van der Waals surface area contributed by atoms with Crippen molar-refractivity contribution in [2.45, 2.75) is 4.90 Å². The Bertz CT molecular complexity index is 443. The third-order valence-electron chi connectivity index (χ3n) is 1.26. The van der Waals surface area contributed by atoms with E-state index in [-0.39, 0.29) is 5.02 Å². The zero-order valence-corrected chi connectivity index (χ0v) is 8.98. The molecule has 0 unspecified atom stereocenters. The molecule has 0 aliphatic rings. The van der Waals surface area contributed by atoms with Gasteiger partial charge in [0.05, 0.1) is 10.0 Å². The van der Waals surface area contributed by atoms with Crippen LogP contribution >= 0.6 is 33.9 Å². The van der Waals surface area contributed by atoms with Crippen LogP contribution in [0.25, 0.3) is 0 Å². The van der Waals surface area contributed by atoms with Crippen molar-refractivity contribution in [3.05, 3.63) is 28.0 Å². The van der Waals surface area contributed by atoms with E-state index >= 15 is 0 Å². The van der Waals surface area contributed by atoms with Crippen molar-refractivity contribution >= 4 is 42.9 Å². The van der Waals surface area contributed by atoms with Crippen LogP contribution < -0.4 is 0 Å². The molecule has 0 aromatic heterocycles. The summed E-state index contributed by atoms with van der Waals surface area (Å²) in [5.74, 6) is -0.995. The van der Waals surface area contributed by atoms with Gasteiger partial charge in [-0.3, -0.25) is 0 Å². The maximum absolute atomic E-state index is 12.9. The molecule has 0 saturated heterocycles. The Labute approximate surface area is 88.6 Å². The predicted octanol–water partition coefficient (Wildman–Crippen LogP) is 3.06. The van der Waals surface area contributed by atoms with Gasteiger partial charge in [0.25, 0.3) is 9.05 Å². The van der Waals surface area contributed by atoms with E-state index in [0.29, 0.717) is 0 Å². The van der Waals surface area contributed by atoms with Crippen molar-refractivity contribution in [2.24, 2.45) is 0 Å². The fourth-order valence-corrected chi connectivity index (χ4v) is 2.41. The van der Waals surface area contributed by atoms with Crippen LogP contribution in [-0.2, 0) is 9.05 Å². The van der Waals surface area contributed by atoms with Crippen molar-refractivity contribution in [1.29, 1.82) is 0 Å². The van der Waals surface area contributed by atoms with Gasteiger partial charge in [-0.25, -0.2) is 12.8 Å². The molecule has 7 heteroatoms. The monoisotopic (exact) mass is 262 g/mol. The van der Waals surface area contributed by atoms with E-state index in [4.69, 9.17) is 33.9 Å². The first-order valence-electron chi connectivity index (χ1n) is 2.92. The Morgan fingerprint density at radius 1 is 1.23 bits per heavy atom. The van der Waals surface area contributed by atoms with Gasteiger partial charge in [0.2, 0.25) is 0 Å². The van der Waals surface area contributed by atoms with Gasteiger partial charge in [-0.1, -0.05) is 23.2 Å². The molecular formula is C6H2Cl3FO2S. The molecule has 0 saturated carbocycles. The molecule has 0 amide bonds. The summed E-state index contributed by atoms with van der Waals surface area (Å²) in [6, 6.07) is 2.11. The number of hydrogen-bond acceptors (Lipinski definition) is 2. The molecule has 1 aromatic rings. The summed E-state index contributed by atoms with van der Waals surface area (Å²) in [6.07, 6.45) is 0. The first kappa shape index (κ1) is 11.0. The van der Waals surface area contributed by atoms with Gasteiger partial charge in [-0.05, 0) is 12.1 Å². The third kappa shape index (κ3) is 2.26. The van der Waals surface area contributed by atoms with Crippen molar-refractivity contribution in [3.8, 4) is 0 Å². The van der Waals surface area contributed by atoms with Gasteiger partial charge in [-0.15, -0.1) is 0 Å². The second kappa shape index (κ2) is 3.61. The highest BCUT2D eigenvalue weighted by Gasteiger charge is 2.19. The molecule has 1 rings (SSSR count). The van der Waals surface area contributed by atoms with E-state index in [2.05, 4.69) is 0 Å². The normalized spacial score (nSPS) is 11.7. The Hall–Kier alpha value is -0.0300. The third-order valence-corrected chi connectivity index (χ3v) is 3.40. The fraction of sp³-hybridized carbons (Fsp3) is 0. The van der Waals surface area contributed by atoms with Gasteiger partial charge in [-0.2, -0.15) is 0 Å². The van der Waals surface area contributed by atoms with Crippen LogP contribution in [-0.4, -0.2) is 8.42 Å². The summed E-state index contributed by atoms with van der Waals surface area (Å²) in [7, 11) is 0.935. The average molecular weight is 264 g/mol. The molecule has 2 nitrogen and oxygen atoms in total. The number of hydrogen-bond donors (Lipinski definition) is 0. The zero-order chi connectivity index (χ0) is 10.2. The van der Waals surface area contributed by atoms with E-state index in [1.54, 1.807) is 0 Å². The van der Waals surface area contributed by atoms with Gasteiger partial charge < -0.3 is 0 Å².